The van der Waals surface area contributed by atoms with E-state index < -0.39 is 0 Å². The van der Waals surface area contributed by atoms with Crippen molar-refractivity contribution < 1.29 is 25.0 Å². The number of ketones is 1. The maximum Gasteiger partial charge on any atom is 0.243 e. The summed E-state index contributed by atoms with van der Waals surface area (Å²) in [6, 6.07) is 19.0. The number of thiophene rings is 1. The molecule has 0 saturated carbocycles. The van der Waals surface area contributed by atoms with Gasteiger partial charge in [0.2, 0.25) is 5.91 Å². The summed E-state index contributed by atoms with van der Waals surface area (Å²) in [5.41, 5.74) is 5.09. The average molecular weight is 557 g/mol. The van der Waals surface area contributed by atoms with Crippen molar-refractivity contribution in [2.45, 2.75) is 38.6 Å². The Hall–Kier alpha value is -4.54. The molecule has 0 radical (unpaired) electrons. The molecule has 0 aliphatic heterocycles. The molecule has 2 heterocycles. The summed E-state index contributed by atoms with van der Waals surface area (Å²) in [5.74, 6) is -0.218. The number of benzene rings is 3. The second-order valence-electron chi connectivity index (χ2n) is 9.51. The Labute approximate surface area is 234 Å². The standard InChI is InChI=1S/C30H28N4O5S/c35-22-12-10-21(11-13-22)30-28(24-15-14-23(36)17-26(24)40-30)29(38)20-8-6-19(7-9-20)25-18-34(33-31-25)16-4-2-1-3-5-27(37)32-39/h6-15,17-18,35-36,39H,1-5,16H2,(H,32,37). The summed E-state index contributed by atoms with van der Waals surface area (Å²) >= 11 is 1.42. The number of nitrogens with one attached hydrogen (secondary N) is 1. The first-order valence-corrected chi connectivity index (χ1v) is 13.8. The molecule has 0 atom stereocenters. The highest BCUT2D eigenvalue weighted by molar-refractivity contribution is 7.22. The molecule has 5 rings (SSSR count). The van der Waals surface area contributed by atoms with Crippen LogP contribution in [-0.2, 0) is 11.3 Å². The van der Waals surface area contributed by atoms with Gasteiger partial charge in [-0.15, -0.1) is 16.4 Å². The fourth-order valence-electron chi connectivity index (χ4n) is 4.57. The Morgan fingerprint density at radius 3 is 2.30 bits per heavy atom. The lowest BCUT2D eigenvalue weighted by atomic mass is 9.96. The Balaban J connectivity index is 1.31. The smallest absolute Gasteiger partial charge is 0.243 e. The minimum atomic E-state index is -0.365. The van der Waals surface area contributed by atoms with E-state index in [2.05, 4.69) is 10.3 Å². The number of carbonyl (C=O) groups is 2. The third kappa shape index (κ3) is 6.03. The number of nitrogens with zero attached hydrogens (tertiary/aromatic N) is 3. The van der Waals surface area contributed by atoms with Crippen molar-refractivity contribution >= 4 is 33.1 Å². The first-order valence-electron chi connectivity index (χ1n) is 13.0. The van der Waals surface area contributed by atoms with Crippen LogP contribution in [0.15, 0.2) is 72.9 Å². The molecule has 1 amide bonds. The van der Waals surface area contributed by atoms with E-state index in [9.17, 15) is 19.8 Å². The van der Waals surface area contributed by atoms with Crippen molar-refractivity contribution in [3.8, 4) is 33.2 Å². The number of aromatic nitrogens is 3. The number of aryl methyl sites for hydroxylation is 1. The molecule has 0 aliphatic rings. The molecule has 204 valence electrons. The minimum absolute atomic E-state index is 0.133. The molecule has 0 unspecified atom stereocenters. The van der Waals surface area contributed by atoms with E-state index in [1.165, 1.54) is 11.3 Å². The minimum Gasteiger partial charge on any atom is -0.508 e. The summed E-state index contributed by atoms with van der Waals surface area (Å²) in [4.78, 5) is 25.6. The molecule has 0 aliphatic carbocycles. The monoisotopic (exact) mass is 556 g/mol. The Bertz CT molecular complexity index is 1640. The summed E-state index contributed by atoms with van der Waals surface area (Å²) in [5, 5.41) is 37.5. The molecule has 9 nitrogen and oxygen atoms in total. The SMILES string of the molecule is O=C(CCCCCCn1cc(-c2ccc(C(=O)c3c(-c4ccc(O)cc4)sc4cc(O)ccc34)cc2)nn1)NO. The van der Waals surface area contributed by atoms with Crippen molar-refractivity contribution in [1.29, 1.82) is 0 Å². The molecule has 5 aromatic rings. The van der Waals surface area contributed by atoms with Gasteiger partial charge in [0.15, 0.2) is 5.78 Å². The van der Waals surface area contributed by atoms with Gasteiger partial charge in [-0.2, -0.15) is 0 Å². The van der Waals surface area contributed by atoms with Crippen LogP contribution < -0.4 is 5.48 Å². The Morgan fingerprint density at radius 1 is 0.850 bits per heavy atom. The maximum absolute atomic E-state index is 13.8. The highest BCUT2D eigenvalue weighted by Gasteiger charge is 2.22. The molecule has 0 spiro atoms. The topological polar surface area (TPSA) is 138 Å². The molecule has 0 fully saturated rings. The number of rotatable bonds is 11. The van der Waals surface area contributed by atoms with Crippen molar-refractivity contribution in [2.24, 2.45) is 0 Å². The molecule has 0 saturated heterocycles. The summed E-state index contributed by atoms with van der Waals surface area (Å²) in [6.07, 6.45) is 5.63. The van der Waals surface area contributed by atoms with Crippen LogP contribution in [0, 0.1) is 0 Å². The van der Waals surface area contributed by atoms with E-state index >= 15 is 0 Å². The van der Waals surface area contributed by atoms with Crippen LogP contribution in [0.1, 0.15) is 48.0 Å². The highest BCUT2D eigenvalue weighted by atomic mass is 32.1. The van der Waals surface area contributed by atoms with E-state index in [1.54, 1.807) is 64.8 Å². The van der Waals surface area contributed by atoms with Crippen molar-refractivity contribution in [3.63, 3.8) is 0 Å². The summed E-state index contributed by atoms with van der Waals surface area (Å²) in [6.45, 7) is 0.705. The van der Waals surface area contributed by atoms with E-state index in [0.717, 1.165) is 51.8 Å². The number of hydrogen-bond acceptors (Lipinski definition) is 8. The van der Waals surface area contributed by atoms with Gasteiger partial charge in [-0.3, -0.25) is 19.5 Å². The van der Waals surface area contributed by atoms with Gasteiger partial charge in [0.05, 0.1) is 6.20 Å². The zero-order valence-electron chi connectivity index (χ0n) is 21.6. The second-order valence-corrected chi connectivity index (χ2v) is 10.6. The van der Waals surface area contributed by atoms with Crippen LogP contribution in [0.2, 0.25) is 0 Å². The van der Waals surface area contributed by atoms with E-state index in [1.807, 2.05) is 18.3 Å². The van der Waals surface area contributed by atoms with Crippen molar-refractivity contribution in [2.75, 3.05) is 0 Å². The average Bonchev–Trinajstić information content (AvgIpc) is 3.59. The van der Waals surface area contributed by atoms with E-state index in [4.69, 9.17) is 5.21 Å². The third-order valence-corrected chi connectivity index (χ3v) is 7.88. The van der Waals surface area contributed by atoms with Gasteiger partial charge in [-0.25, -0.2) is 5.48 Å². The summed E-state index contributed by atoms with van der Waals surface area (Å²) in [7, 11) is 0. The predicted molar refractivity (Wildman–Crippen MR) is 152 cm³/mol. The van der Waals surface area contributed by atoms with E-state index in [-0.39, 0.29) is 23.2 Å². The van der Waals surface area contributed by atoms with Crippen LogP contribution in [-0.4, -0.2) is 42.1 Å². The molecule has 2 aromatic heterocycles. The predicted octanol–water partition coefficient (Wildman–Crippen LogP) is 5.92. The van der Waals surface area contributed by atoms with Gasteiger partial charge < -0.3 is 10.2 Å². The lowest BCUT2D eigenvalue weighted by Gasteiger charge is -2.06. The van der Waals surface area contributed by atoms with Crippen molar-refractivity contribution in [1.82, 2.24) is 20.5 Å². The number of aromatic hydroxyl groups is 2. The number of carbonyl (C=O) groups excluding carboxylic acids is 2. The van der Waals surface area contributed by atoms with Crippen LogP contribution in [0.5, 0.6) is 11.5 Å². The number of unbranched alkanes of at least 4 members (excludes halogenated alkanes) is 3. The summed E-state index contributed by atoms with van der Waals surface area (Å²) < 4.78 is 2.58. The molecule has 0 bridgehead atoms. The van der Waals surface area contributed by atoms with Gasteiger partial charge in [-0.05, 0) is 60.9 Å². The van der Waals surface area contributed by atoms with Gasteiger partial charge in [0.1, 0.15) is 17.2 Å². The number of hydroxylamine groups is 1. The number of hydrogen-bond donors (Lipinski definition) is 4. The number of phenols is 2. The van der Waals surface area contributed by atoms with Gasteiger partial charge in [0.25, 0.3) is 0 Å². The number of amides is 1. The van der Waals surface area contributed by atoms with E-state index in [0.29, 0.717) is 29.8 Å². The second kappa shape index (κ2) is 12.1. The molecule has 4 N–H and O–H groups in total. The maximum atomic E-state index is 13.8. The fourth-order valence-corrected chi connectivity index (χ4v) is 5.81. The lowest BCUT2D eigenvalue weighted by Crippen LogP contribution is -2.17. The van der Waals surface area contributed by atoms with Crippen molar-refractivity contribution in [3.05, 3.63) is 84.1 Å². The number of fused-ring (bicyclic) bond motifs is 1. The Kier molecular flexibility index (Phi) is 8.18. The van der Waals surface area contributed by atoms with Gasteiger partial charge in [-0.1, -0.05) is 42.3 Å². The first-order chi connectivity index (χ1) is 19.4. The highest BCUT2D eigenvalue weighted by Crippen LogP contribution is 2.41. The van der Waals surface area contributed by atoms with Crippen LogP contribution in [0.4, 0.5) is 0 Å². The zero-order valence-corrected chi connectivity index (χ0v) is 22.4. The normalized spacial score (nSPS) is 11.1. The van der Waals surface area contributed by atoms with Crippen LogP contribution in [0.3, 0.4) is 0 Å². The molecule has 3 aromatic carbocycles. The largest absolute Gasteiger partial charge is 0.508 e. The fraction of sp³-hybridized carbons (Fsp3) is 0.200. The van der Waals surface area contributed by atoms with Gasteiger partial charge >= 0.3 is 0 Å². The quantitative estimate of drug-likeness (QED) is 0.0685. The Morgan fingerprint density at radius 2 is 1.55 bits per heavy atom. The third-order valence-electron chi connectivity index (χ3n) is 6.68. The van der Waals surface area contributed by atoms with Crippen LogP contribution >= 0.6 is 11.3 Å². The molecule has 40 heavy (non-hydrogen) atoms. The number of phenolic OH excluding ortho intramolecular Hbond substituents is 2. The molecular formula is C30H28N4O5S. The van der Waals surface area contributed by atoms with Crippen LogP contribution in [0.25, 0.3) is 31.8 Å². The van der Waals surface area contributed by atoms with Gasteiger partial charge in [0, 0.05) is 44.6 Å². The first kappa shape index (κ1) is 27.0. The molecular weight excluding hydrogens is 528 g/mol. The zero-order chi connectivity index (χ0) is 28.1. The molecule has 10 heteroatoms. The lowest BCUT2D eigenvalue weighted by molar-refractivity contribution is -0.129.